The first kappa shape index (κ1) is 25.6. The number of thiazole rings is 1. The molecule has 0 radical (unpaired) electrons. The number of carbonyl (C=O) groups is 3. The summed E-state index contributed by atoms with van der Waals surface area (Å²) in [5.41, 5.74) is 1.44. The zero-order valence-corrected chi connectivity index (χ0v) is 21.5. The summed E-state index contributed by atoms with van der Waals surface area (Å²) in [4.78, 5) is 48.2. The lowest BCUT2D eigenvalue weighted by Gasteiger charge is -2.31. The van der Waals surface area contributed by atoms with Crippen molar-refractivity contribution in [3.8, 4) is 5.75 Å². The fourth-order valence-electron chi connectivity index (χ4n) is 4.31. The Bertz CT molecular complexity index is 1250. The summed E-state index contributed by atoms with van der Waals surface area (Å²) < 4.78 is 10.4. The van der Waals surface area contributed by atoms with Crippen LogP contribution in [0.15, 0.2) is 35.7 Å². The van der Waals surface area contributed by atoms with Crippen molar-refractivity contribution in [3.63, 3.8) is 0 Å². The molecule has 2 aromatic heterocycles. The van der Waals surface area contributed by atoms with Crippen LogP contribution in [0.4, 0.5) is 0 Å². The van der Waals surface area contributed by atoms with Gasteiger partial charge in [-0.3, -0.25) is 14.4 Å². The number of hydrogen-bond acceptors (Lipinski definition) is 8. The number of methoxy groups -OCH3 is 1. The Labute approximate surface area is 213 Å². The number of rotatable bonds is 8. The van der Waals surface area contributed by atoms with Gasteiger partial charge >= 0.3 is 5.97 Å². The molecule has 1 atom stereocenters. The van der Waals surface area contributed by atoms with Gasteiger partial charge in [0.15, 0.2) is 0 Å². The van der Waals surface area contributed by atoms with Crippen molar-refractivity contribution in [1.82, 2.24) is 20.2 Å². The SMILES string of the molecule is CCOC(=O)CC(C)NC(=O)c1csc(C2CCN(C(=O)c3cc(OC)c4ccccc4n3)CC2)n1. The molecule has 1 aliphatic heterocycles. The first-order valence-electron chi connectivity index (χ1n) is 12.0. The highest BCUT2D eigenvalue weighted by Gasteiger charge is 2.28. The molecule has 0 aliphatic carbocycles. The van der Waals surface area contributed by atoms with Crippen LogP contribution in [0.25, 0.3) is 10.9 Å². The zero-order chi connectivity index (χ0) is 25.7. The van der Waals surface area contributed by atoms with Crippen molar-refractivity contribution < 1.29 is 23.9 Å². The van der Waals surface area contributed by atoms with Crippen LogP contribution < -0.4 is 10.1 Å². The highest BCUT2D eigenvalue weighted by Crippen LogP contribution is 2.32. The van der Waals surface area contributed by atoms with Gasteiger partial charge in [0.2, 0.25) is 0 Å². The van der Waals surface area contributed by atoms with Crippen LogP contribution in [-0.2, 0) is 9.53 Å². The Hall–Kier alpha value is -3.53. The van der Waals surface area contributed by atoms with Gasteiger partial charge in [-0.2, -0.15) is 0 Å². The maximum absolute atomic E-state index is 13.2. The monoisotopic (exact) mass is 510 g/mol. The molecule has 1 fully saturated rings. The standard InChI is InChI=1S/C26H30N4O5S/c1-4-35-23(31)13-16(2)27-24(32)21-15-36-25(29-21)17-9-11-30(12-10-17)26(33)20-14-22(34-3)18-7-5-6-8-19(18)28-20/h5-8,14-17H,4,9-13H2,1-3H3,(H,27,32). The minimum atomic E-state index is -0.349. The molecule has 1 aromatic carbocycles. The van der Waals surface area contributed by atoms with E-state index in [1.54, 1.807) is 32.4 Å². The maximum Gasteiger partial charge on any atom is 0.307 e. The topological polar surface area (TPSA) is 111 Å². The highest BCUT2D eigenvalue weighted by atomic mass is 32.1. The Morgan fingerprint density at radius 1 is 1.17 bits per heavy atom. The van der Waals surface area contributed by atoms with Crippen LogP contribution in [0.2, 0.25) is 0 Å². The second-order valence-corrected chi connectivity index (χ2v) is 9.64. The molecule has 3 heterocycles. The number of hydrogen-bond donors (Lipinski definition) is 1. The number of nitrogens with one attached hydrogen (secondary N) is 1. The lowest BCUT2D eigenvalue weighted by Crippen LogP contribution is -2.38. The van der Waals surface area contributed by atoms with E-state index in [2.05, 4.69) is 15.3 Å². The van der Waals surface area contributed by atoms with Gasteiger partial charge in [-0.1, -0.05) is 12.1 Å². The van der Waals surface area contributed by atoms with E-state index in [9.17, 15) is 14.4 Å². The van der Waals surface area contributed by atoms with Crippen molar-refractivity contribution >= 4 is 40.0 Å². The van der Waals surface area contributed by atoms with Crippen LogP contribution in [-0.4, -0.2) is 65.5 Å². The summed E-state index contributed by atoms with van der Waals surface area (Å²) in [5.74, 6) is 0.0362. The fourth-order valence-corrected chi connectivity index (χ4v) is 5.28. The average Bonchev–Trinajstić information content (AvgIpc) is 3.38. The van der Waals surface area contributed by atoms with Crippen LogP contribution >= 0.6 is 11.3 Å². The number of ether oxygens (including phenoxy) is 2. The van der Waals surface area contributed by atoms with Crippen molar-refractivity contribution in [2.24, 2.45) is 0 Å². The second kappa shape index (κ2) is 11.5. The predicted molar refractivity (Wildman–Crippen MR) is 136 cm³/mol. The lowest BCUT2D eigenvalue weighted by atomic mass is 9.97. The Balaban J connectivity index is 1.35. The second-order valence-electron chi connectivity index (χ2n) is 8.75. The number of para-hydroxylation sites is 1. The third-order valence-corrected chi connectivity index (χ3v) is 7.17. The number of aromatic nitrogens is 2. The third kappa shape index (κ3) is 5.81. The van der Waals surface area contributed by atoms with E-state index in [4.69, 9.17) is 9.47 Å². The van der Waals surface area contributed by atoms with Gasteiger partial charge in [-0.25, -0.2) is 9.97 Å². The van der Waals surface area contributed by atoms with Gasteiger partial charge in [0, 0.05) is 41.9 Å². The molecule has 0 spiro atoms. The Morgan fingerprint density at radius 3 is 2.64 bits per heavy atom. The highest BCUT2D eigenvalue weighted by molar-refractivity contribution is 7.09. The Morgan fingerprint density at radius 2 is 1.92 bits per heavy atom. The fraction of sp³-hybridized carbons (Fsp3) is 0.423. The van der Waals surface area contributed by atoms with Gasteiger partial charge in [-0.05, 0) is 38.8 Å². The van der Waals surface area contributed by atoms with Crippen molar-refractivity contribution in [2.45, 2.75) is 45.1 Å². The van der Waals surface area contributed by atoms with E-state index in [0.29, 0.717) is 36.8 Å². The molecule has 1 unspecified atom stereocenters. The van der Waals surface area contributed by atoms with Gasteiger partial charge in [-0.15, -0.1) is 11.3 Å². The number of likely N-dealkylation sites (tertiary alicyclic amines) is 1. The lowest BCUT2D eigenvalue weighted by molar-refractivity contribution is -0.143. The molecule has 0 saturated carbocycles. The molecule has 9 nitrogen and oxygen atoms in total. The van der Waals surface area contributed by atoms with Crippen molar-refractivity contribution in [1.29, 1.82) is 0 Å². The van der Waals surface area contributed by atoms with E-state index in [1.165, 1.54) is 11.3 Å². The number of benzene rings is 1. The molecule has 190 valence electrons. The summed E-state index contributed by atoms with van der Waals surface area (Å²) in [6.45, 7) is 4.98. The average molecular weight is 511 g/mol. The smallest absolute Gasteiger partial charge is 0.307 e. The van der Waals surface area contributed by atoms with Gasteiger partial charge in [0.1, 0.15) is 17.1 Å². The molecule has 10 heteroatoms. The van der Waals surface area contributed by atoms with E-state index in [0.717, 1.165) is 28.8 Å². The molecule has 1 aliphatic rings. The zero-order valence-electron chi connectivity index (χ0n) is 20.7. The molecule has 1 saturated heterocycles. The summed E-state index contributed by atoms with van der Waals surface area (Å²) in [6, 6.07) is 8.94. The largest absolute Gasteiger partial charge is 0.496 e. The van der Waals surface area contributed by atoms with Crippen LogP contribution in [0.5, 0.6) is 5.75 Å². The first-order chi connectivity index (χ1) is 17.4. The third-order valence-electron chi connectivity index (χ3n) is 6.16. The van der Waals surface area contributed by atoms with Crippen LogP contribution in [0.3, 0.4) is 0 Å². The molecule has 1 N–H and O–H groups in total. The number of fused-ring (bicyclic) bond motifs is 1. The van der Waals surface area contributed by atoms with E-state index in [1.807, 2.05) is 29.2 Å². The number of carbonyl (C=O) groups excluding carboxylic acids is 3. The number of piperidine rings is 1. The summed E-state index contributed by atoms with van der Waals surface area (Å²) in [5, 5.41) is 6.29. The molecular weight excluding hydrogens is 480 g/mol. The molecule has 3 aromatic rings. The molecule has 36 heavy (non-hydrogen) atoms. The van der Waals surface area contributed by atoms with Gasteiger partial charge < -0.3 is 19.7 Å². The summed E-state index contributed by atoms with van der Waals surface area (Å²) in [6.07, 6.45) is 1.62. The minimum Gasteiger partial charge on any atom is -0.496 e. The summed E-state index contributed by atoms with van der Waals surface area (Å²) in [7, 11) is 1.59. The van der Waals surface area contributed by atoms with Crippen molar-refractivity contribution in [2.75, 3.05) is 26.8 Å². The molecule has 2 amide bonds. The van der Waals surface area contributed by atoms with E-state index < -0.39 is 0 Å². The summed E-state index contributed by atoms with van der Waals surface area (Å²) >= 11 is 1.45. The van der Waals surface area contributed by atoms with Gasteiger partial charge in [0.05, 0.1) is 30.7 Å². The number of esters is 1. The normalized spacial score (nSPS) is 14.9. The number of nitrogens with zero attached hydrogens (tertiary/aromatic N) is 3. The van der Waals surface area contributed by atoms with Crippen LogP contribution in [0.1, 0.15) is 65.0 Å². The molecule has 0 bridgehead atoms. The van der Waals surface area contributed by atoms with E-state index in [-0.39, 0.29) is 36.2 Å². The van der Waals surface area contributed by atoms with Gasteiger partial charge in [0.25, 0.3) is 11.8 Å². The maximum atomic E-state index is 13.2. The van der Waals surface area contributed by atoms with E-state index >= 15 is 0 Å². The first-order valence-corrected chi connectivity index (χ1v) is 12.9. The number of amides is 2. The number of pyridine rings is 1. The molecular formula is C26H30N4O5S. The predicted octanol–water partition coefficient (Wildman–Crippen LogP) is 3.79. The quantitative estimate of drug-likeness (QED) is 0.459. The van der Waals surface area contributed by atoms with Crippen LogP contribution in [0, 0.1) is 0 Å². The molecule has 4 rings (SSSR count). The Kier molecular flexibility index (Phi) is 8.14. The van der Waals surface area contributed by atoms with Crippen molar-refractivity contribution in [3.05, 3.63) is 52.1 Å². The minimum absolute atomic E-state index is 0.112.